The molecule has 0 N–H and O–H groups in total. The summed E-state index contributed by atoms with van der Waals surface area (Å²) in [4.78, 5) is 8.03. The minimum Gasteiger partial charge on any atom is -0.375 e. The summed E-state index contributed by atoms with van der Waals surface area (Å²) in [5, 5.41) is 9.94. The Morgan fingerprint density at radius 2 is 1.67 bits per heavy atom. The normalized spacial score (nSPS) is 10.6. The molecule has 0 saturated carbocycles. The SMILES string of the molecule is CCCCCCN(C)c1ccc(-c2ncc(-c3ccc(C#N)cc3)s2)cc1. The third-order valence-electron chi connectivity index (χ3n) is 4.71. The first-order chi connectivity index (χ1) is 13.2. The van der Waals surface area contributed by atoms with E-state index >= 15 is 0 Å². The van der Waals surface area contributed by atoms with Gasteiger partial charge in [0.05, 0.1) is 16.5 Å². The fourth-order valence-electron chi connectivity index (χ4n) is 3.01. The molecule has 0 atom stereocenters. The highest BCUT2D eigenvalue weighted by Gasteiger charge is 2.08. The van der Waals surface area contributed by atoms with Gasteiger partial charge >= 0.3 is 0 Å². The molecular formula is C23H25N3S. The number of unbranched alkanes of at least 4 members (excludes halogenated alkanes) is 3. The van der Waals surface area contributed by atoms with Gasteiger partial charge in [-0.3, -0.25) is 0 Å². The number of nitriles is 1. The molecule has 27 heavy (non-hydrogen) atoms. The van der Waals surface area contributed by atoms with Gasteiger partial charge in [0.1, 0.15) is 5.01 Å². The Bertz CT molecular complexity index is 889. The molecule has 0 bridgehead atoms. The summed E-state index contributed by atoms with van der Waals surface area (Å²) in [5.41, 5.74) is 4.17. The molecule has 4 heteroatoms. The monoisotopic (exact) mass is 375 g/mol. The number of aromatic nitrogens is 1. The predicted octanol–water partition coefficient (Wildman–Crippen LogP) is 6.37. The third-order valence-corrected chi connectivity index (χ3v) is 5.80. The molecule has 3 nitrogen and oxygen atoms in total. The summed E-state index contributed by atoms with van der Waals surface area (Å²) >= 11 is 1.68. The van der Waals surface area contributed by atoms with Crippen molar-refractivity contribution >= 4 is 17.0 Å². The molecule has 0 fully saturated rings. The lowest BCUT2D eigenvalue weighted by molar-refractivity contribution is 0.661. The van der Waals surface area contributed by atoms with E-state index in [2.05, 4.69) is 54.2 Å². The van der Waals surface area contributed by atoms with E-state index in [0.717, 1.165) is 27.6 Å². The maximum Gasteiger partial charge on any atom is 0.123 e. The molecule has 0 aliphatic heterocycles. The van der Waals surface area contributed by atoms with Crippen molar-refractivity contribution in [2.24, 2.45) is 0 Å². The van der Waals surface area contributed by atoms with Crippen LogP contribution in [0.15, 0.2) is 54.7 Å². The molecule has 1 heterocycles. The minimum atomic E-state index is 0.679. The Morgan fingerprint density at radius 1 is 0.963 bits per heavy atom. The van der Waals surface area contributed by atoms with Crippen molar-refractivity contribution in [2.45, 2.75) is 32.6 Å². The number of anilines is 1. The van der Waals surface area contributed by atoms with Crippen LogP contribution in [0.4, 0.5) is 5.69 Å². The number of hydrogen-bond acceptors (Lipinski definition) is 4. The zero-order chi connectivity index (χ0) is 19.1. The minimum absolute atomic E-state index is 0.679. The average Bonchev–Trinajstić information content (AvgIpc) is 3.21. The van der Waals surface area contributed by atoms with E-state index in [4.69, 9.17) is 5.26 Å². The molecule has 0 aliphatic carbocycles. The first-order valence-electron chi connectivity index (χ1n) is 9.49. The Hall–Kier alpha value is -2.64. The lowest BCUT2D eigenvalue weighted by Crippen LogP contribution is -2.18. The molecule has 138 valence electrons. The second kappa shape index (κ2) is 9.34. The van der Waals surface area contributed by atoms with Crippen molar-refractivity contribution in [2.75, 3.05) is 18.5 Å². The molecule has 0 amide bonds. The van der Waals surface area contributed by atoms with Crippen molar-refractivity contribution in [3.63, 3.8) is 0 Å². The van der Waals surface area contributed by atoms with Gasteiger partial charge in [-0.2, -0.15) is 5.26 Å². The highest BCUT2D eigenvalue weighted by atomic mass is 32.1. The largest absolute Gasteiger partial charge is 0.375 e. The second-order valence-electron chi connectivity index (χ2n) is 6.75. The third kappa shape index (κ3) is 4.96. The number of thiazole rings is 1. The van der Waals surface area contributed by atoms with Crippen LogP contribution in [0.5, 0.6) is 0 Å². The van der Waals surface area contributed by atoms with E-state index in [0.29, 0.717) is 5.56 Å². The average molecular weight is 376 g/mol. The molecule has 0 radical (unpaired) electrons. The standard InChI is InChI=1S/C23H25N3S/c1-3-4-5-6-15-26(2)21-13-11-20(12-14-21)23-25-17-22(27-23)19-9-7-18(16-24)8-10-19/h7-14,17H,3-6,15H2,1-2H3. The van der Waals surface area contributed by atoms with E-state index in [1.165, 1.54) is 31.4 Å². The Labute approximate surface area is 165 Å². The van der Waals surface area contributed by atoms with Crippen LogP contribution in [-0.2, 0) is 0 Å². The summed E-state index contributed by atoms with van der Waals surface area (Å²) in [6.45, 7) is 3.34. The maximum absolute atomic E-state index is 8.92. The lowest BCUT2D eigenvalue weighted by atomic mass is 10.1. The van der Waals surface area contributed by atoms with Crippen LogP contribution < -0.4 is 4.90 Å². The zero-order valence-electron chi connectivity index (χ0n) is 16.0. The number of rotatable bonds is 8. The lowest BCUT2D eigenvalue weighted by Gasteiger charge is -2.19. The van der Waals surface area contributed by atoms with Gasteiger partial charge in [-0.05, 0) is 48.4 Å². The summed E-state index contributed by atoms with van der Waals surface area (Å²) in [5.74, 6) is 0. The van der Waals surface area contributed by atoms with E-state index < -0.39 is 0 Å². The molecule has 3 rings (SSSR count). The van der Waals surface area contributed by atoms with Crippen molar-refractivity contribution in [3.05, 3.63) is 60.3 Å². The fourth-order valence-corrected chi connectivity index (χ4v) is 3.94. The molecule has 3 aromatic rings. The molecular weight excluding hydrogens is 350 g/mol. The summed E-state index contributed by atoms with van der Waals surface area (Å²) in [7, 11) is 2.16. The van der Waals surface area contributed by atoms with Crippen molar-refractivity contribution in [3.8, 4) is 27.1 Å². The fraction of sp³-hybridized carbons (Fsp3) is 0.304. The first kappa shape index (κ1) is 19.1. The predicted molar refractivity (Wildman–Crippen MR) is 115 cm³/mol. The maximum atomic E-state index is 8.92. The van der Waals surface area contributed by atoms with Crippen LogP contribution in [0, 0.1) is 11.3 Å². The number of benzene rings is 2. The van der Waals surface area contributed by atoms with Crippen LogP contribution in [0.1, 0.15) is 38.2 Å². The van der Waals surface area contributed by atoms with Gasteiger partial charge in [-0.25, -0.2) is 4.98 Å². The summed E-state index contributed by atoms with van der Waals surface area (Å²) in [6, 6.07) is 18.5. The highest BCUT2D eigenvalue weighted by molar-refractivity contribution is 7.18. The van der Waals surface area contributed by atoms with E-state index in [9.17, 15) is 0 Å². The molecule has 0 saturated heterocycles. The first-order valence-corrected chi connectivity index (χ1v) is 10.3. The van der Waals surface area contributed by atoms with E-state index in [-0.39, 0.29) is 0 Å². The summed E-state index contributed by atoms with van der Waals surface area (Å²) < 4.78 is 0. The smallest absolute Gasteiger partial charge is 0.123 e. The van der Waals surface area contributed by atoms with Crippen LogP contribution in [0.2, 0.25) is 0 Å². The van der Waals surface area contributed by atoms with Crippen LogP contribution in [0.25, 0.3) is 21.0 Å². The Kier molecular flexibility index (Phi) is 6.62. The van der Waals surface area contributed by atoms with E-state index in [1.807, 2.05) is 30.5 Å². The Morgan fingerprint density at radius 3 is 2.33 bits per heavy atom. The van der Waals surface area contributed by atoms with Crippen molar-refractivity contribution in [1.82, 2.24) is 4.98 Å². The molecule has 0 unspecified atom stereocenters. The molecule has 1 aromatic heterocycles. The molecule has 0 spiro atoms. The van der Waals surface area contributed by atoms with Crippen LogP contribution in [-0.4, -0.2) is 18.6 Å². The summed E-state index contributed by atoms with van der Waals surface area (Å²) in [6.07, 6.45) is 7.05. The zero-order valence-corrected chi connectivity index (χ0v) is 16.8. The second-order valence-corrected chi connectivity index (χ2v) is 7.78. The number of nitrogens with zero attached hydrogens (tertiary/aromatic N) is 3. The highest BCUT2D eigenvalue weighted by Crippen LogP contribution is 2.32. The van der Waals surface area contributed by atoms with Gasteiger partial charge in [0.2, 0.25) is 0 Å². The molecule has 0 aliphatic rings. The van der Waals surface area contributed by atoms with Gasteiger partial charge in [-0.15, -0.1) is 11.3 Å². The van der Waals surface area contributed by atoms with Gasteiger partial charge < -0.3 is 4.90 Å². The van der Waals surface area contributed by atoms with Crippen molar-refractivity contribution in [1.29, 1.82) is 5.26 Å². The van der Waals surface area contributed by atoms with Crippen LogP contribution >= 0.6 is 11.3 Å². The van der Waals surface area contributed by atoms with Crippen LogP contribution in [0.3, 0.4) is 0 Å². The van der Waals surface area contributed by atoms with Gasteiger partial charge in [-0.1, -0.05) is 38.3 Å². The van der Waals surface area contributed by atoms with Gasteiger partial charge in [0.25, 0.3) is 0 Å². The van der Waals surface area contributed by atoms with E-state index in [1.54, 1.807) is 11.3 Å². The molecule has 2 aromatic carbocycles. The van der Waals surface area contributed by atoms with Gasteiger partial charge in [0, 0.05) is 31.0 Å². The number of hydrogen-bond donors (Lipinski definition) is 0. The Balaban J connectivity index is 1.67. The van der Waals surface area contributed by atoms with Gasteiger partial charge in [0.15, 0.2) is 0 Å². The quantitative estimate of drug-likeness (QED) is 0.430. The topological polar surface area (TPSA) is 39.9 Å². The van der Waals surface area contributed by atoms with Crippen molar-refractivity contribution < 1.29 is 0 Å².